The van der Waals surface area contributed by atoms with Crippen molar-refractivity contribution in [3.63, 3.8) is 0 Å². The summed E-state index contributed by atoms with van der Waals surface area (Å²) in [5.74, 6) is 0.503. The van der Waals surface area contributed by atoms with Gasteiger partial charge in [0.2, 0.25) is 0 Å². The Labute approximate surface area is 172 Å². The largest absolute Gasteiger partial charge is 2.00 e. The SMILES string of the molecule is C.[CH2-]CC[O-].[Cl-].[Cl-].[Cl-].[Mg+2].[Mg+2].[Mg+2].[O-]CCCCl. The zero-order valence-electron chi connectivity index (χ0n) is 8.69. The maximum absolute atomic E-state index is 9.45. The molecular weight excluding hydrogens is 331 g/mol. The monoisotopic (exact) mass is 344 g/mol. The molecule has 0 aliphatic heterocycles. The molecule has 0 aromatic rings. The first-order valence-corrected chi connectivity index (χ1v) is 3.38. The Hall–Kier alpha value is 3.38. The third-order valence-electron chi connectivity index (χ3n) is 0.422. The van der Waals surface area contributed by atoms with E-state index >= 15 is 0 Å². The van der Waals surface area contributed by atoms with Crippen molar-refractivity contribution < 1.29 is 47.4 Å². The van der Waals surface area contributed by atoms with Crippen LogP contribution >= 0.6 is 11.6 Å². The molecule has 0 saturated heterocycles. The molecule has 0 spiro atoms. The van der Waals surface area contributed by atoms with Gasteiger partial charge in [0.05, 0.1) is 0 Å². The molecule has 0 aliphatic carbocycles. The van der Waals surface area contributed by atoms with E-state index < -0.39 is 0 Å². The van der Waals surface area contributed by atoms with Crippen LogP contribution in [-0.4, -0.2) is 88.3 Å². The molecular formula is C7H16Cl4Mg3O2. The second kappa shape index (κ2) is 79.1. The van der Waals surface area contributed by atoms with E-state index in [1.165, 1.54) is 0 Å². The van der Waals surface area contributed by atoms with Gasteiger partial charge in [0.25, 0.3) is 0 Å². The molecule has 0 bridgehead atoms. The molecule has 90 valence electrons. The zero-order valence-corrected chi connectivity index (χ0v) is 16.0. The van der Waals surface area contributed by atoms with Crippen LogP contribution in [0.15, 0.2) is 0 Å². The van der Waals surface area contributed by atoms with Gasteiger partial charge in [-0.15, -0.1) is 18.2 Å². The zero-order chi connectivity index (χ0) is 7.54. The summed E-state index contributed by atoms with van der Waals surface area (Å²) in [6.07, 6.45) is 1.11. The topological polar surface area (TPSA) is 46.1 Å². The van der Waals surface area contributed by atoms with E-state index in [9.17, 15) is 10.2 Å². The molecule has 0 aromatic carbocycles. The van der Waals surface area contributed by atoms with Crippen LogP contribution in [0.25, 0.3) is 0 Å². The van der Waals surface area contributed by atoms with E-state index in [0.29, 0.717) is 18.7 Å². The van der Waals surface area contributed by atoms with Crippen molar-refractivity contribution in [3.05, 3.63) is 6.92 Å². The van der Waals surface area contributed by atoms with E-state index in [2.05, 4.69) is 6.92 Å². The first-order chi connectivity index (χ1) is 4.33. The number of hydrogen-bond acceptors (Lipinski definition) is 2. The van der Waals surface area contributed by atoms with Crippen LogP contribution in [0.5, 0.6) is 0 Å². The molecule has 0 unspecified atom stereocenters. The van der Waals surface area contributed by atoms with Crippen molar-refractivity contribution in [2.75, 3.05) is 19.1 Å². The van der Waals surface area contributed by atoms with E-state index in [1.807, 2.05) is 0 Å². The second-order valence-electron chi connectivity index (χ2n) is 1.30. The van der Waals surface area contributed by atoms with Crippen LogP contribution < -0.4 is 47.4 Å². The van der Waals surface area contributed by atoms with Crippen molar-refractivity contribution in [1.29, 1.82) is 0 Å². The Morgan fingerprint density at radius 1 is 0.875 bits per heavy atom. The Balaban J connectivity index is -0.00000000614. The Bertz CT molecular complexity index is 48.8. The summed E-state index contributed by atoms with van der Waals surface area (Å²) < 4.78 is 0. The summed E-state index contributed by atoms with van der Waals surface area (Å²) in [5, 5.41) is 18.7. The maximum Gasteiger partial charge on any atom is 2.00 e. The van der Waals surface area contributed by atoms with Gasteiger partial charge in [-0.2, -0.15) is 13.0 Å². The molecule has 0 heterocycles. The minimum atomic E-state index is -0.0417. The minimum absolute atomic E-state index is 0. The van der Waals surface area contributed by atoms with Crippen molar-refractivity contribution in [2.45, 2.75) is 20.3 Å². The minimum Gasteiger partial charge on any atom is -1.00 e. The molecule has 0 rings (SSSR count). The van der Waals surface area contributed by atoms with E-state index in [4.69, 9.17) is 11.6 Å². The van der Waals surface area contributed by atoms with Gasteiger partial charge < -0.3 is 54.4 Å². The van der Waals surface area contributed by atoms with E-state index in [-0.39, 0.29) is 127 Å². The molecule has 0 aliphatic rings. The molecule has 0 saturated carbocycles. The second-order valence-corrected chi connectivity index (χ2v) is 1.68. The van der Waals surface area contributed by atoms with Crippen LogP contribution in [0.1, 0.15) is 20.3 Å². The summed E-state index contributed by atoms with van der Waals surface area (Å²) >= 11 is 5.10. The van der Waals surface area contributed by atoms with Crippen molar-refractivity contribution >= 4 is 80.8 Å². The predicted octanol–water partition coefficient (Wildman–Crippen LogP) is -9.95. The molecule has 0 fully saturated rings. The van der Waals surface area contributed by atoms with Crippen LogP contribution in [0.3, 0.4) is 0 Å². The number of rotatable bonds is 3. The number of halogens is 4. The third-order valence-corrected chi connectivity index (χ3v) is 0.690. The molecule has 0 radical (unpaired) electrons. The third kappa shape index (κ3) is 115. The van der Waals surface area contributed by atoms with Crippen LogP contribution in [0.2, 0.25) is 0 Å². The summed E-state index contributed by atoms with van der Waals surface area (Å²) in [5.41, 5.74) is 0. The van der Waals surface area contributed by atoms with Gasteiger partial charge in [-0.25, -0.2) is 0 Å². The van der Waals surface area contributed by atoms with Crippen molar-refractivity contribution in [3.8, 4) is 0 Å². The maximum atomic E-state index is 9.45. The first-order valence-electron chi connectivity index (χ1n) is 2.84. The molecule has 0 aromatic heterocycles. The summed E-state index contributed by atoms with van der Waals surface area (Å²) in [4.78, 5) is 0. The van der Waals surface area contributed by atoms with Crippen molar-refractivity contribution in [2.24, 2.45) is 0 Å². The van der Waals surface area contributed by atoms with E-state index in [1.54, 1.807) is 0 Å². The van der Waals surface area contributed by atoms with Crippen LogP contribution in [0.4, 0.5) is 0 Å². The Morgan fingerprint density at radius 3 is 1.12 bits per heavy atom. The first kappa shape index (κ1) is 60.8. The van der Waals surface area contributed by atoms with Crippen LogP contribution in [0, 0.1) is 6.92 Å². The molecule has 0 N–H and O–H groups in total. The van der Waals surface area contributed by atoms with E-state index in [0.717, 1.165) is 0 Å². The molecule has 16 heavy (non-hydrogen) atoms. The predicted molar refractivity (Wildman–Crippen MR) is 59.0 cm³/mol. The summed E-state index contributed by atoms with van der Waals surface area (Å²) in [6, 6.07) is 0. The standard InChI is InChI=1S/C3H6ClO.C3H6O.CH4.3ClH.3Mg/c4-2-1-3-5;1-2-3-4;;;;;;;/h1-3H2;1-3H2;1H4;3*1H;;;/q-1;-2;;;;;3*+2/p-3. The van der Waals surface area contributed by atoms with Gasteiger partial charge in [-0.3, -0.25) is 0 Å². The fourth-order valence-electron chi connectivity index (χ4n) is 0.0546. The fraction of sp³-hybridized carbons (Fsp3) is 0.857. The van der Waals surface area contributed by atoms with Gasteiger partial charge in [0.1, 0.15) is 0 Å². The van der Waals surface area contributed by atoms with Gasteiger partial charge in [0, 0.05) is 5.88 Å². The Morgan fingerprint density at radius 2 is 1.12 bits per heavy atom. The smallest absolute Gasteiger partial charge is 1.00 e. The van der Waals surface area contributed by atoms with Gasteiger partial charge in [-0.1, -0.05) is 13.8 Å². The van der Waals surface area contributed by atoms with Crippen molar-refractivity contribution in [1.82, 2.24) is 0 Å². The normalized spacial score (nSPS) is 4.50. The quantitative estimate of drug-likeness (QED) is 0.289. The van der Waals surface area contributed by atoms with Gasteiger partial charge >= 0.3 is 69.2 Å². The van der Waals surface area contributed by atoms with Crippen LogP contribution in [-0.2, 0) is 0 Å². The summed E-state index contributed by atoms with van der Waals surface area (Å²) in [6.45, 7) is 3.21. The number of alkyl halides is 1. The van der Waals surface area contributed by atoms with Gasteiger partial charge in [0.15, 0.2) is 0 Å². The fourth-order valence-corrected chi connectivity index (χ4v) is 0.164. The molecule has 0 amide bonds. The average Bonchev–Trinajstić information content (AvgIpc) is 1.91. The molecule has 2 nitrogen and oxygen atoms in total. The Kier molecular flexibility index (Phi) is 300. The van der Waals surface area contributed by atoms with Gasteiger partial charge in [-0.05, 0) is 0 Å². The number of hydrogen-bond donors (Lipinski definition) is 0. The molecule has 0 atom stereocenters. The summed E-state index contributed by atoms with van der Waals surface area (Å²) in [7, 11) is 0. The molecule has 9 heteroatoms. The average molecular weight is 347 g/mol.